The maximum atomic E-state index is 13.3. The molecule has 0 unspecified atom stereocenters. The van der Waals surface area contributed by atoms with E-state index in [1.807, 2.05) is 26.0 Å². The fraction of sp³-hybridized carbons (Fsp3) is 0.192. The Hall–Kier alpha value is -4.95. The zero-order valence-corrected chi connectivity index (χ0v) is 21.4. The number of hydrogen-bond acceptors (Lipinski definition) is 5. The van der Waals surface area contributed by atoms with Crippen LogP contribution in [-0.2, 0) is 12.4 Å². The molecule has 2 aromatic carbocycles. The SMILES string of the molecule is Cc1cc(NC(=O)c2cc(C(F)(F)F)cc(C(F)(F)F)c2)n(-c2nc3c(cnn3-c3cccc(C)c3C)c(=O)[nH]2)n1. The third-order valence-electron chi connectivity index (χ3n) is 6.35. The van der Waals surface area contributed by atoms with E-state index in [2.05, 4.69) is 25.5 Å². The summed E-state index contributed by atoms with van der Waals surface area (Å²) in [5, 5.41) is 10.9. The van der Waals surface area contributed by atoms with Crippen LogP contribution < -0.4 is 10.9 Å². The summed E-state index contributed by atoms with van der Waals surface area (Å²) in [5.74, 6) is -1.62. The molecule has 41 heavy (non-hydrogen) atoms. The highest BCUT2D eigenvalue weighted by Gasteiger charge is 2.37. The second kappa shape index (κ2) is 9.60. The first-order valence-electron chi connectivity index (χ1n) is 11.9. The number of aromatic amines is 1. The molecule has 3 aromatic heterocycles. The van der Waals surface area contributed by atoms with E-state index in [1.165, 1.54) is 23.9 Å². The van der Waals surface area contributed by atoms with Crippen LogP contribution in [0.2, 0.25) is 0 Å². The van der Waals surface area contributed by atoms with Crippen LogP contribution >= 0.6 is 0 Å². The number of alkyl halides is 6. The van der Waals surface area contributed by atoms with Gasteiger partial charge in [0.2, 0.25) is 5.95 Å². The van der Waals surface area contributed by atoms with E-state index in [4.69, 9.17) is 0 Å². The van der Waals surface area contributed by atoms with Gasteiger partial charge in [-0.05, 0) is 56.2 Å². The monoisotopic (exact) mass is 575 g/mol. The Labute approximate surface area is 226 Å². The summed E-state index contributed by atoms with van der Waals surface area (Å²) in [4.78, 5) is 32.8. The molecule has 0 aliphatic heterocycles. The maximum Gasteiger partial charge on any atom is 0.416 e. The molecule has 0 saturated heterocycles. The van der Waals surface area contributed by atoms with Crippen molar-refractivity contribution in [1.29, 1.82) is 0 Å². The Kier molecular flexibility index (Phi) is 6.47. The number of aryl methyl sites for hydroxylation is 2. The molecule has 212 valence electrons. The van der Waals surface area contributed by atoms with Crippen molar-refractivity contribution in [3.8, 4) is 11.6 Å². The van der Waals surface area contributed by atoms with Gasteiger partial charge in [0, 0.05) is 11.6 Å². The average molecular weight is 575 g/mol. The fourth-order valence-electron chi connectivity index (χ4n) is 4.17. The highest BCUT2D eigenvalue weighted by atomic mass is 19.4. The number of carbonyl (C=O) groups is 1. The zero-order chi connectivity index (χ0) is 29.9. The number of benzene rings is 2. The molecule has 0 aliphatic rings. The van der Waals surface area contributed by atoms with Gasteiger partial charge >= 0.3 is 12.4 Å². The molecule has 0 spiro atoms. The van der Waals surface area contributed by atoms with Crippen molar-refractivity contribution in [3.63, 3.8) is 0 Å². The van der Waals surface area contributed by atoms with E-state index in [1.54, 1.807) is 6.07 Å². The lowest BCUT2D eigenvalue weighted by Crippen LogP contribution is -2.20. The van der Waals surface area contributed by atoms with Crippen LogP contribution in [0.4, 0.5) is 32.2 Å². The minimum Gasteiger partial charge on any atom is -0.306 e. The molecular formula is C26H19F6N7O2. The van der Waals surface area contributed by atoms with Crippen LogP contribution in [0, 0.1) is 20.8 Å². The molecule has 0 radical (unpaired) electrons. The van der Waals surface area contributed by atoms with Crippen LogP contribution in [0.25, 0.3) is 22.7 Å². The molecule has 0 aliphatic carbocycles. The molecule has 5 rings (SSSR count). The maximum absolute atomic E-state index is 13.3. The summed E-state index contributed by atoms with van der Waals surface area (Å²) in [6.07, 6.45) is -8.94. The minimum absolute atomic E-state index is 0.0753. The number of H-pyrrole nitrogens is 1. The lowest BCUT2D eigenvalue weighted by atomic mass is 10.0. The lowest BCUT2D eigenvalue weighted by molar-refractivity contribution is -0.143. The van der Waals surface area contributed by atoms with Crippen LogP contribution in [-0.4, -0.2) is 35.4 Å². The predicted octanol–water partition coefficient (Wildman–Crippen LogP) is 5.51. The number of anilines is 1. The highest BCUT2D eigenvalue weighted by Crippen LogP contribution is 2.36. The molecule has 0 saturated carbocycles. The zero-order valence-electron chi connectivity index (χ0n) is 21.4. The first-order chi connectivity index (χ1) is 19.1. The number of aromatic nitrogens is 6. The van der Waals surface area contributed by atoms with Gasteiger partial charge in [-0.2, -0.15) is 46.2 Å². The largest absolute Gasteiger partial charge is 0.416 e. The van der Waals surface area contributed by atoms with Crippen LogP contribution in [0.15, 0.2) is 53.5 Å². The average Bonchev–Trinajstić information content (AvgIpc) is 3.47. The number of halogens is 6. The van der Waals surface area contributed by atoms with Gasteiger partial charge in [-0.15, -0.1) is 0 Å². The Morgan fingerprint density at radius 1 is 0.927 bits per heavy atom. The molecule has 2 N–H and O–H groups in total. The van der Waals surface area contributed by atoms with E-state index in [0.29, 0.717) is 23.5 Å². The van der Waals surface area contributed by atoms with Crippen LogP contribution in [0.3, 0.4) is 0 Å². The molecule has 9 nitrogen and oxygen atoms in total. The number of hydrogen-bond donors (Lipinski definition) is 2. The topological polar surface area (TPSA) is 110 Å². The fourth-order valence-corrected chi connectivity index (χ4v) is 4.17. The Morgan fingerprint density at radius 2 is 1.59 bits per heavy atom. The van der Waals surface area contributed by atoms with E-state index in [-0.39, 0.29) is 28.9 Å². The second-order valence-corrected chi connectivity index (χ2v) is 9.23. The van der Waals surface area contributed by atoms with Crippen molar-refractivity contribution < 1.29 is 31.1 Å². The van der Waals surface area contributed by atoms with Gasteiger partial charge in [0.05, 0.1) is 28.7 Å². The molecule has 0 fully saturated rings. The van der Waals surface area contributed by atoms with E-state index >= 15 is 0 Å². The summed E-state index contributed by atoms with van der Waals surface area (Å²) in [7, 11) is 0. The second-order valence-electron chi connectivity index (χ2n) is 9.23. The summed E-state index contributed by atoms with van der Waals surface area (Å²) >= 11 is 0. The van der Waals surface area contributed by atoms with Crippen molar-refractivity contribution >= 4 is 22.8 Å². The van der Waals surface area contributed by atoms with E-state index < -0.39 is 40.5 Å². The number of amides is 1. The smallest absolute Gasteiger partial charge is 0.306 e. The molecule has 0 atom stereocenters. The molecule has 15 heteroatoms. The third-order valence-corrected chi connectivity index (χ3v) is 6.35. The van der Waals surface area contributed by atoms with Gasteiger partial charge in [-0.3, -0.25) is 14.6 Å². The first-order valence-corrected chi connectivity index (χ1v) is 11.9. The van der Waals surface area contributed by atoms with Gasteiger partial charge in [0.1, 0.15) is 11.2 Å². The summed E-state index contributed by atoms with van der Waals surface area (Å²) in [6, 6.07) is 7.35. The number of nitrogens with zero attached hydrogens (tertiary/aromatic N) is 5. The van der Waals surface area contributed by atoms with E-state index in [0.717, 1.165) is 15.8 Å². The molecule has 5 aromatic rings. The quantitative estimate of drug-likeness (QED) is 0.275. The van der Waals surface area contributed by atoms with Gasteiger partial charge in [-0.25, -0.2) is 4.68 Å². The van der Waals surface area contributed by atoms with Crippen molar-refractivity contribution in [3.05, 3.63) is 92.5 Å². The van der Waals surface area contributed by atoms with Crippen molar-refractivity contribution in [2.45, 2.75) is 33.1 Å². The molecule has 1 amide bonds. The normalized spacial score (nSPS) is 12.2. The summed E-state index contributed by atoms with van der Waals surface area (Å²) in [5.41, 5.74) is -1.82. The number of rotatable bonds is 4. The Morgan fingerprint density at radius 3 is 2.22 bits per heavy atom. The predicted molar refractivity (Wildman–Crippen MR) is 135 cm³/mol. The van der Waals surface area contributed by atoms with Crippen LogP contribution in [0.1, 0.15) is 38.3 Å². The van der Waals surface area contributed by atoms with Gasteiger partial charge in [0.15, 0.2) is 5.65 Å². The number of nitrogens with one attached hydrogen (secondary N) is 2. The molecule has 0 bridgehead atoms. The lowest BCUT2D eigenvalue weighted by Gasteiger charge is -2.14. The standard InChI is InChI=1S/C26H19F6N7O2/c1-12-5-4-6-19(14(12)3)38-21-18(11-33-38)23(41)36-24(35-21)39-20(7-13(2)37-39)34-22(40)15-8-16(25(27,28)29)10-17(9-15)26(30,31)32/h4-11H,1-3H3,(H,34,40)(H,35,36,41). The Balaban J connectivity index is 1.58. The highest BCUT2D eigenvalue weighted by molar-refractivity contribution is 6.04. The molecular weight excluding hydrogens is 556 g/mol. The van der Waals surface area contributed by atoms with Gasteiger partial charge in [-0.1, -0.05) is 12.1 Å². The third kappa shape index (κ3) is 5.17. The first kappa shape index (κ1) is 27.6. The minimum atomic E-state index is -5.13. The van der Waals surface area contributed by atoms with Crippen LogP contribution in [0.5, 0.6) is 0 Å². The van der Waals surface area contributed by atoms with Gasteiger partial charge in [0.25, 0.3) is 11.5 Å². The Bertz CT molecular complexity index is 1850. The van der Waals surface area contributed by atoms with Gasteiger partial charge < -0.3 is 5.32 Å². The summed E-state index contributed by atoms with van der Waals surface area (Å²) in [6.45, 7) is 5.30. The van der Waals surface area contributed by atoms with E-state index in [9.17, 15) is 35.9 Å². The van der Waals surface area contributed by atoms with Crippen molar-refractivity contribution in [1.82, 2.24) is 29.5 Å². The summed E-state index contributed by atoms with van der Waals surface area (Å²) < 4.78 is 82.2. The molecule has 3 heterocycles. The van der Waals surface area contributed by atoms with Crippen molar-refractivity contribution in [2.75, 3.05) is 5.32 Å². The number of carbonyl (C=O) groups excluding carboxylic acids is 1. The number of fused-ring (bicyclic) bond motifs is 1. The van der Waals surface area contributed by atoms with Crippen molar-refractivity contribution in [2.24, 2.45) is 0 Å².